The zero-order valence-corrected chi connectivity index (χ0v) is 6.52. The highest BCUT2D eigenvalue weighted by molar-refractivity contribution is 6.29. The van der Waals surface area contributed by atoms with E-state index in [9.17, 15) is 0 Å². The van der Waals surface area contributed by atoms with E-state index < -0.39 is 0 Å². The van der Waals surface area contributed by atoms with Gasteiger partial charge in [-0.2, -0.15) is 0 Å². The van der Waals surface area contributed by atoms with Gasteiger partial charge in [-0.3, -0.25) is 0 Å². The second kappa shape index (κ2) is 3.54. The molecule has 0 aromatic carbocycles. The summed E-state index contributed by atoms with van der Waals surface area (Å²) in [7, 11) is 1.88. The molecule has 0 aliphatic carbocycles. The van der Waals surface area contributed by atoms with Gasteiger partial charge >= 0.3 is 0 Å². The molecular weight excluding hydrogens is 148 g/mol. The van der Waals surface area contributed by atoms with Crippen LogP contribution in [0.25, 0.3) is 0 Å². The van der Waals surface area contributed by atoms with E-state index in [-0.39, 0.29) is 0 Å². The Hall–Kier alpha value is -0.600. The molecule has 0 atom stereocenters. The van der Waals surface area contributed by atoms with E-state index in [0.717, 1.165) is 12.2 Å². The normalized spacial score (nSPS) is 9.80. The molecule has 1 aromatic heterocycles. The Morgan fingerprint density at radius 1 is 1.60 bits per heavy atom. The third-order valence-corrected chi connectivity index (χ3v) is 1.34. The maximum absolute atomic E-state index is 5.64. The summed E-state index contributed by atoms with van der Waals surface area (Å²) >= 11 is 5.64. The first-order chi connectivity index (χ1) is 4.83. The Bertz CT molecular complexity index is 213. The van der Waals surface area contributed by atoms with Gasteiger partial charge in [-0.05, 0) is 19.2 Å². The van der Waals surface area contributed by atoms with Crippen LogP contribution in [0.3, 0.4) is 0 Å². The SMILES string of the molecule is CNCc1cccc(Cl)n1. The summed E-state index contributed by atoms with van der Waals surface area (Å²) in [5, 5.41) is 3.54. The summed E-state index contributed by atoms with van der Waals surface area (Å²) in [4.78, 5) is 4.07. The lowest BCUT2D eigenvalue weighted by Crippen LogP contribution is -2.06. The number of pyridine rings is 1. The first-order valence-corrected chi connectivity index (χ1v) is 3.47. The zero-order valence-electron chi connectivity index (χ0n) is 5.76. The van der Waals surface area contributed by atoms with Crippen molar-refractivity contribution in [2.45, 2.75) is 6.54 Å². The summed E-state index contributed by atoms with van der Waals surface area (Å²) in [5.74, 6) is 0. The molecule has 0 saturated heterocycles. The van der Waals surface area contributed by atoms with Crippen molar-refractivity contribution in [2.24, 2.45) is 0 Å². The predicted octanol–water partition coefficient (Wildman–Crippen LogP) is 1.45. The smallest absolute Gasteiger partial charge is 0.129 e. The third kappa shape index (κ3) is 1.97. The number of rotatable bonds is 2. The van der Waals surface area contributed by atoms with E-state index in [1.54, 1.807) is 6.07 Å². The Balaban J connectivity index is 2.75. The molecule has 0 bridgehead atoms. The molecule has 0 fully saturated rings. The van der Waals surface area contributed by atoms with Gasteiger partial charge < -0.3 is 5.32 Å². The van der Waals surface area contributed by atoms with Crippen molar-refractivity contribution in [3.05, 3.63) is 29.0 Å². The maximum Gasteiger partial charge on any atom is 0.129 e. The Labute approximate surface area is 65.2 Å². The van der Waals surface area contributed by atoms with Crippen LogP contribution in [0.2, 0.25) is 5.15 Å². The second-order valence-corrected chi connectivity index (χ2v) is 2.37. The highest BCUT2D eigenvalue weighted by Gasteiger charge is 1.91. The molecule has 1 heterocycles. The molecule has 0 spiro atoms. The van der Waals surface area contributed by atoms with Gasteiger partial charge in [-0.15, -0.1) is 0 Å². The molecule has 0 unspecified atom stereocenters. The molecule has 1 rings (SSSR count). The Morgan fingerprint density at radius 2 is 2.40 bits per heavy atom. The van der Waals surface area contributed by atoms with Crippen LogP contribution in [0.1, 0.15) is 5.69 Å². The molecule has 0 saturated carbocycles. The van der Waals surface area contributed by atoms with Gasteiger partial charge in [0, 0.05) is 6.54 Å². The van der Waals surface area contributed by atoms with Crippen molar-refractivity contribution in [1.82, 2.24) is 10.3 Å². The molecule has 1 aromatic rings. The van der Waals surface area contributed by atoms with E-state index in [2.05, 4.69) is 10.3 Å². The summed E-state index contributed by atoms with van der Waals surface area (Å²) in [6.07, 6.45) is 0. The lowest BCUT2D eigenvalue weighted by atomic mass is 10.3. The summed E-state index contributed by atoms with van der Waals surface area (Å²) in [6, 6.07) is 5.59. The standard InChI is InChI=1S/C7H9ClN2/c1-9-5-6-3-2-4-7(8)10-6/h2-4,9H,5H2,1H3. The van der Waals surface area contributed by atoms with Crippen LogP contribution in [0.5, 0.6) is 0 Å². The van der Waals surface area contributed by atoms with Crippen LogP contribution in [0.15, 0.2) is 18.2 Å². The molecule has 0 aliphatic rings. The average Bonchev–Trinajstić information content (AvgIpc) is 1.88. The highest BCUT2D eigenvalue weighted by Crippen LogP contribution is 2.03. The summed E-state index contributed by atoms with van der Waals surface area (Å²) in [6.45, 7) is 0.764. The molecular formula is C7H9ClN2. The van der Waals surface area contributed by atoms with Gasteiger partial charge in [0.1, 0.15) is 5.15 Å². The van der Waals surface area contributed by atoms with Crippen LogP contribution in [0, 0.1) is 0 Å². The minimum atomic E-state index is 0.549. The first kappa shape index (κ1) is 7.51. The van der Waals surface area contributed by atoms with Gasteiger partial charge in [0.2, 0.25) is 0 Å². The van der Waals surface area contributed by atoms with Gasteiger partial charge in [0.05, 0.1) is 5.69 Å². The van der Waals surface area contributed by atoms with Crippen LogP contribution in [-0.4, -0.2) is 12.0 Å². The number of nitrogens with zero attached hydrogens (tertiary/aromatic N) is 1. The van der Waals surface area contributed by atoms with E-state index in [0.29, 0.717) is 5.15 Å². The van der Waals surface area contributed by atoms with Gasteiger partial charge in [0.25, 0.3) is 0 Å². The van der Waals surface area contributed by atoms with E-state index in [4.69, 9.17) is 11.6 Å². The fraction of sp³-hybridized carbons (Fsp3) is 0.286. The molecule has 0 aliphatic heterocycles. The summed E-state index contributed by atoms with van der Waals surface area (Å²) < 4.78 is 0. The van der Waals surface area contributed by atoms with Crippen LogP contribution in [-0.2, 0) is 6.54 Å². The topological polar surface area (TPSA) is 24.9 Å². The van der Waals surface area contributed by atoms with Crippen molar-refractivity contribution < 1.29 is 0 Å². The Morgan fingerprint density at radius 3 is 3.00 bits per heavy atom. The van der Waals surface area contributed by atoms with Crippen molar-refractivity contribution in [3.63, 3.8) is 0 Å². The van der Waals surface area contributed by atoms with Crippen LogP contribution < -0.4 is 5.32 Å². The Kier molecular flexibility index (Phi) is 2.66. The van der Waals surface area contributed by atoms with Crippen molar-refractivity contribution >= 4 is 11.6 Å². The minimum Gasteiger partial charge on any atom is -0.314 e. The molecule has 1 N–H and O–H groups in total. The van der Waals surface area contributed by atoms with E-state index >= 15 is 0 Å². The third-order valence-electron chi connectivity index (χ3n) is 1.13. The number of hydrogen-bond donors (Lipinski definition) is 1. The highest BCUT2D eigenvalue weighted by atomic mass is 35.5. The monoisotopic (exact) mass is 156 g/mol. The van der Waals surface area contributed by atoms with Gasteiger partial charge in [-0.25, -0.2) is 4.98 Å². The number of nitrogens with one attached hydrogen (secondary N) is 1. The minimum absolute atomic E-state index is 0.549. The lowest BCUT2D eigenvalue weighted by molar-refractivity contribution is 0.791. The van der Waals surface area contributed by atoms with Crippen molar-refractivity contribution in [3.8, 4) is 0 Å². The first-order valence-electron chi connectivity index (χ1n) is 3.09. The molecule has 3 heteroatoms. The lowest BCUT2D eigenvalue weighted by Gasteiger charge is -1.97. The van der Waals surface area contributed by atoms with E-state index in [1.165, 1.54) is 0 Å². The quantitative estimate of drug-likeness (QED) is 0.656. The van der Waals surface area contributed by atoms with Crippen LogP contribution in [0.4, 0.5) is 0 Å². The van der Waals surface area contributed by atoms with E-state index in [1.807, 2.05) is 19.2 Å². The van der Waals surface area contributed by atoms with Gasteiger partial charge in [0.15, 0.2) is 0 Å². The fourth-order valence-electron chi connectivity index (χ4n) is 0.730. The largest absolute Gasteiger partial charge is 0.314 e. The average molecular weight is 157 g/mol. The molecule has 10 heavy (non-hydrogen) atoms. The van der Waals surface area contributed by atoms with Crippen molar-refractivity contribution in [1.29, 1.82) is 0 Å². The molecule has 2 nitrogen and oxygen atoms in total. The maximum atomic E-state index is 5.64. The fourth-order valence-corrected chi connectivity index (χ4v) is 0.911. The molecule has 0 amide bonds. The predicted molar refractivity (Wildman–Crippen MR) is 42.0 cm³/mol. The second-order valence-electron chi connectivity index (χ2n) is 1.98. The van der Waals surface area contributed by atoms with Gasteiger partial charge in [-0.1, -0.05) is 17.7 Å². The molecule has 0 radical (unpaired) electrons. The summed E-state index contributed by atoms with van der Waals surface area (Å²) in [5.41, 5.74) is 0.968. The number of hydrogen-bond acceptors (Lipinski definition) is 2. The number of aromatic nitrogens is 1. The van der Waals surface area contributed by atoms with Crippen LogP contribution >= 0.6 is 11.6 Å². The number of halogens is 1. The zero-order chi connectivity index (χ0) is 7.40. The van der Waals surface area contributed by atoms with Crippen molar-refractivity contribution in [2.75, 3.05) is 7.05 Å². The molecule has 54 valence electrons.